The Hall–Kier alpha value is -6.38. The topological polar surface area (TPSA) is 131 Å². The molecule has 0 saturated carbocycles. The average molecular weight is 1040 g/mol. The summed E-state index contributed by atoms with van der Waals surface area (Å²) in [4.78, 5) is 18.7. The monoisotopic (exact) mass is 1040 g/mol. The highest BCUT2D eigenvalue weighted by atomic mass is 31.2. The standard InChI is InChI=1S/C64H77N6O5P/c1-13-52-43(7)56-37-58-45(9)54(23-18-34-73-64(47-21-16-15-17-22-47,48-25-29-50(71-11)30-26-48)49-27-31-51(72-12)32-28-49)62(68-58)40-63-55(24-19-35-74-76(75-36-20-33-65)70(41(3)4)42(5)6)46(10)59(69-63)38-57-44(8)53(14-2)61(67-57)39-60(52)66-56/h15-17,21-22,25-32,37-42,66-67H,13-14,18-20,23-24,34-36H2,1-12H3. The minimum Gasteiger partial charge on any atom is -0.497 e. The predicted octanol–water partition coefficient (Wildman–Crippen LogP) is 15.8. The third-order valence-corrected chi connectivity index (χ3v) is 17.1. The molecule has 0 saturated heterocycles. The first kappa shape index (κ1) is 55.8. The van der Waals surface area contributed by atoms with Crippen LogP contribution in [0.4, 0.5) is 0 Å². The number of benzene rings is 3. The van der Waals surface area contributed by atoms with Gasteiger partial charge in [0, 0.05) is 40.8 Å². The summed E-state index contributed by atoms with van der Waals surface area (Å²) < 4.78 is 33.8. The molecule has 5 heterocycles. The lowest BCUT2D eigenvalue weighted by Gasteiger charge is -2.36. The highest BCUT2D eigenvalue weighted by Crippen LogP contribution is 2.47. The maximum absolute atomic E-state index is 9.31. The summed E-state index contributed by atoms with van der Waals surface area (Å²) in [5, 5.41) is 9.31. The molecule has 0 fully saturated rings. The lowest BCUT2D eigenvalue weighted by atomic mass is 9.80. The predicted molar refractivity (Wildman–Crippen MR) is 312 cm³/mol. The van der Waals surface area contributed by atoms with Gasteiger partial charge in [-0.05, 0) is 204 Å². The second-order valence-corrected chi connectivity index (χ2v) is 21.8. The van der Waals surface area contributed by atoms with Gasteiger partial charge in [0.1, 0.15) is 17.1 Å². The van der Waals surface area contributed by atoms with Crippen molar-refractivity contribution in [3.63, 3.8) is 0 Å². The minimum atomic E-state index is -1.36. The number of allylic oxidation sites excluding steroid dienone is 4. The fourth-order valence-electron chi connectivity index (χ4n) is 11.0. The molecule has 76 heavy (non-hydrogen) atoms. The van der Waals surface area contributed by atoms with Gasteiger partial charge in [0.05, 0.1) is 62.7 Å². The number of aromatic amines is 2. The Balaban J connectivity index is 1.21. The van der Waals surface area contributed by atoms with E-state index >= 15 is 0 Å². The Morgan fingerprint density at radius 3 is 1.49 bits per heavy atom. The Labute approximate surface area is 452 Å². The van der Waals surface area contributed by atoms with Gasteiger partial charge in [-0.2, -0.15) is 5.26 Å². The minimum absolute atomic E-state index is 0.217. The van der Waals surface area contributed by atoms with E-state index in [4.69, 9.17) is 33.2 Å². The van der Waals surface area contributed by atoms with Gasteiger partial charge in [0.2, 0.25) is 0 Å². The molecule has 2 aliphatic rings. The number of hydrogen-bond acceptors (Lipinski definition) is 9. The van der Waals surface area contributed by atoms with E-state index in [1.165, 1.54) is 33.4 Å². The Kier molecular flexibility index (Phi) is 18.5. The molecule has 12 heteroatoms. The molecule has 0 aliphatic carbocycles. The van der Waals surface area contributed by atoms with Crippen LogP contribution in [0.25, 0.3) is 44.4 Å². The summed E-state index contributed by atoms with van der Waals surface area (Å²) in [7, 11) is 2.02. The third kappa shape index (κ3) is 11.8. The second kappa shape index (κ2) is 25.2. The van der Waals surface area contributed by atoms with Crippen molar-refractivity contribution in [2.24, 2.45) is 0 Å². The summed E-state index contributed by atoms with van der Waals surface area (Å²) in [6, 6.07) is 38.5. The molecule has 8 bridgehead atoms. The van der Waals surface area contributed by atoms with Crippen molar-refractivity contribution in [1.82, 2.24) is 24.6 Å². The van der Waals surface area contributed by atoms with Crippen molar-refractivity contribution >= 4 is 52.9 Å². The second-order valence-electron chi connectivity index (χ2n) is 20.3. The summed E-state index contributed by atoms with van der Waals surface area (Å²) in [5.74, 6) is 1.56. The van der Waals surface area contributed by atoms with Crippen LogP contribution in [0.1, 0.15) is 149 Å². The number of ether oxygens (including phenoxy) is 3. The molecule has 11 nitrogen and oxygen atoms in total. The van der Waals surface area contributed by atoms with Gasteiger partial charge < -0.3 is 33.2 Å². The van der Waals surface area contributed by atoms with Crippen molar-refractivity contribution in [2.45, 2.75) is 132 Å². The molecule has 2 aliphatic heterocycles. The van der Waals surface area contributed by atoms with E-state index in [1.54, 1.807) is 14.2 Å². The lowest BCUT2D eigenvalue weighted by molar-refractivity contribution is 0.0120. The molecule has 3 aromatic heterocycles. The molecule has 6 aromatic rings. The fourth-order valence-corrected chi connectivity index (χ4v) is 12.6. The van der Waals surface area contributed by atoms with Crippen LogP contribution < -0.4 is 9.47 Å². The molecule has 1 atom stereocenters. The Morgan fingerprint density at radius 1 is 0.579 bits per heavy atom. The molecule has 3 aromatic carbocycles. The Bertz CT molecular complexity index is 3200. The van der Waals surface area contributed by atoms with Gasteiger partial charge in [0.25, 0.3) is 8.53 Å². The zero-order chi connectivity index (χ0) is 54.1. The number of aromatic nitrogens is 4. The van der Waals surface area contributed by atoms with Crippen LogP contribution in [0.2, 0.25) is 0 Å². The number of nitrogens with zero attached hydrogens (tertiary/aromatic N) is 4. The number of nitriles is 1. The van der Waals surface area contributed by atoms with E-state index in [2.05, 4.69) is 163 Å². The highest BCUT2D eigenvalue weighted by Gasteiger charge is 2.38. The number of aryl methyl sites for hydroxylation is 4. The quantitative estimate of drug-likeness (QED) is 0.0366. The van der Waals surface area contributed by atoms with Crippen LogP contribution in [0, 0.1) is 25.2 Å². The van der Waals surface area contributed by atoms with Gasteiger partial charge in [0.15, 0.2) is 0 Å². The normalized spacial score (nSPS) is 13.3. The van der Waals surface area contributed by atoms with E-state index < -0.39 is 14.1 Å². The van der Waals surface area contributed by atoms with Gasteiger partial charge in [-0.1, -0.05) is 68.4 Å². The lowest BCUT2D eigenvalue weighted by Crippen LogP contribution is -2.33. The molecule has 8 rings (SSSR count). The van der Waals surface area contributed by atoms with Crippen molar-refractivity contribution in [2.75, 3.05) is 34.0 Å². The van der Waals surface area contributed by atoms with Crippen molar-refractivity contribution in [3.05, 3.63) is 165 Å². The average Bonchev–Trinajstić information content (AvgIpc) is 4.16. The van der Waals surface area contributed by atoms with E-state index in [0.717, 1.165) is 123 Å². The van der Waals surface area contributed by atoms with Crippen molar-refractivity contribution in [1.29, 1.82) is 5.26 Å². The zero-order valence-electron chi connectivity index (χ0n) is 46.8. The van der Waals surface area contributed by atoms with Crippen molar-refractivity contribution in [3.8, 4) is 17.6 Å². The molecule has 0 spiro atoms. The van der Waals surface area contributed by atoms with Crippen LogP contribution in [0.3, 0.4) is 0 Å². The Morgan fingerprint density at radius 2 is 1.04 bits per heavy atom. The molecule has 1 unspecified atom stereocenters. The largest absolute Gasteiger partial charge is 0.497 e. The summed E-state index contributed by atoms with van der Waals surface area (Å²) in [5.41, 5.74) is 19.8. The summed E-state index contributed by atoms with van der Waals surface area (Å²) in [6.07, 6.45) is 5.07. The molecule has 2 N–H and O–H groups in total. The van der Waals surface area contributed by atoms with E-state index in [-0.39, 0.29) is 12.1 Å². The first-order valence-electron chi connectivity index (χ1n) is 27.1. The first-order valence-corrected chi connectivity index (χ1v) is 28.2. The molecule has 0 amide bonds. The zero-order valence-corrected chi connectivity index (χ0v) is 47.7. The molecular weight excluding hydrogens is 964 g/mol. The number of rotatable bonds is 23. The van der Waals surface area contributed by atoms with E-state index in [1.807, 2.05) is 30.3 Å². The SMILES string of the molecule is CCc1c(C)c2cc3nc(cc4nc(cc5[nH]c(cc1[nH]2)c(CC)c5C)C(C)=C4CCCOC(c1ccccc1)(c1ccc(OC)cc1)c1ccc(OC)cc1)C(CCCOP(OCCC#N)N(C(C)C)C(C)C)=C3C. The molecular formula is C64H77N6O5P. The van der Waals surface area contributed by atoms with E-state index in [0.29, 0.717) is 26.2 Å². The maximum Gasteiger partial charge on any atom is 0.259 e. The van der Waals surface area contributed by atoms with Crippen LogP contribution >= 0.6 is 8.53 Å². The number of fused-ring (bicyclic) bond motifs is 8. The highest BCUT2D eigenvalue weighted by molar-refractivity contribution is 7.44. The number of H-pyrrole nitrogens is 2. The van der Waals surface area contributed by atoms with E-state index in [9.17, 15) is 5.26 Å². The van der Waals surface area contributed by atoms with Gasteiger partial charge in [-0.15, -0.1) is 0 Å². The van der Waals surface area contributed by atoms with Crippen LogP contribution in [0.5, 0.6) is 11.5 Å². The van der Waals surface area contributed by atoms with Crippen molar-refractivity contribution < 1.29 is 23.3 Å². The number of nitrogens with one attached hydrogen (secondary N) is 2. The molecule has 398 valence electrons. The van der Waals surface area contributed by atoms with Gasteiger partial charge in [-0.25, -0.2) is 14.6 Å². The third-order valence-electron chi connectivity index (χ3n) is 15.0. The first-order chi connectivity index (χ1) is 36.8. The summed E-state index contributed by atoms with van der Waals surface area (Å²) in [6.45, 7) is 23.3. The molecule has 0 radical (unpaired) electrons. The number of methoxy groups -OCH3 is 2. The van der Waals surface area contributed by atoms with Crippen LogP contribution in [-0.4, -0.2) is 70.7 Å². The van der Waals surface area contributed by atoms with Gasteiger partial charge in [-0.3, -0.25) is 0 Å². The number of hydrogen-bond donors (Lipinski definition) is 2. The van der Waals surface area contributed by atoms with Crippen LogP contribution in [0.15, 0.2) is 103 Å². The maximum atomic E-state index is 9.31. The van der Waals surface area contributed by atoms with Gasteiger partial charge >= 0.3 is 0 Å². The van der Waals surface area contributed by atoms with Crippen LogP contribution in [-0.2, 0) is 32.2 Å². The fraction of sp³-hybridized carbons (Fsp3) is 0.391. The smallest absolute Gasteiger partial charge is 0.259 e. The summed E-state index contributed by atoms with van der Waals surface area (Å²) >= 11 is 0.